The van der Waals surface area contributed by atoms with Gasteiger partial charge >= 0.3 is 0 Å². The molecule has 4 nitrogen and oxygen atoms in total. The summed E-state index contributed by atoms with van der Waals surface area (Å²) in [5, 5.41) is 0.746. The summed E-state index contributed by atoms with van der Waals surface area (Å²) in [6, 6.07) is 0. The van der Waals surface area contributed by atoms with Crippen molar-refractivity contribution in [3.8, 4) is 0 Å². The second kappa shape index (κ2) is 5.53. The number of nitrogens with one attached hydrogen (secondary N) is 1. The quantitative estimate of drug-likeness (QED) is 0.664. The Balaban J connectivity index is 2.59. The van der Waals surface area contributed by atoms with E-state index in [2.05, 4.69) is 30.8 Å². The molecule has 6 heteroatoms. The average molecular weight is 278 g/mol. The van der Waals surface area contributed by atoms with Gasteiger partial charge in [-0.25, -0.2) is 4.98 Å². The molecule has 1 rings (SSSR count). The van der Waals surface area contributed by atoms with Crippen LogP contribution in [0, 0.1) is 0 Å². The number of H-pyrrole nitrogens is 1. The SMILES string of the molecule is CN(C)CCSc1nc[nH]c(=O)c1Br. The Morgan fingerprint density at radius 3 is 3.00 bits per heavy atom. The van der Waals surface area contributed by atoms with Crippen LogP contribution in [0.1, 0.15) is 0 Å². The lowest BCUT2D eigenvalue weighted by Gasteiger charge is -2.08. The molecule has 0 unspecified atom stereocenters. The van der Waals surface area contributed by atoms with E-state index in [0.29, 0.717) is 4.47 Å². The molecular formula is C8H12BrN3OS. The van der Waals surface area contributed by atoms with Crippen LogP contribution in [-0.4, -0.2) is 41.3 Å². The lowest BCUT2D eigenvalue weighted by molar-refractivity contribution is 0.437. The van der Waals surface area contributed by atoms with Crippen molar-refractivity contribution in [2.75, 3.05) is 26.4 Å². The van der Waals surface area contributed by atoms with Crippen LogP contribution in [0.5, 0.6) is 0 Å². The van der Waals surface area contributed by atoms with E-state index in [1.54, 1.807) is 11.8 Å². The standard InChI is InChI=1S/C8H12BrN3OS/c1-12(2)3-4-14-8-6(9)7(13)10-5-11-8/h5H,3-4H2,1-2H3,(H,10,11,13). The second-order valence-corrected chi connectivity index (χ2v) is 4.88. The molecule has 1 aromatic rings. The van der Waals surface area contributed by atoms with Crippen LogP contribution in [0.25, 0.3) is 0 Å². The minimum atomic E-state index is -0.132. The van der Waals surface area contributed by atoms with Crippen LogP contribution in [0.15, 0.2) is 20.6 Å². The molecule has 14 heavy (non-hydrogen) atoms. The topological polar surface area (TPSA) is 49.0 Å². The summed E-state index contributed by atoms with van der Waals surface area (Å²) in [5.74, 6) is 0.919. The third-order valence-corrected chi connectivity index (χ3v) is 3.51. The molecule has 1 aromatic heterocycles. The van der Waals surface area contributed by atoms with Gasteiger partial charge in [-0.2, -0.15) is 0 Å². The maximum atomic E-state index is 11.2. The normalized spacial score (nSPS) is 10.9. The Labute approximate surface area is 95.2 Å². The first kappa shape index (κ1) is 11.7. The van der Waals surface area contributed by atoms with E-state index in [-0.39, 0.29) is 5.56 Å². The molecule has 0 aromatic carbocycles. The van der Waals surface area contributed by atoms with Crippen LogP contribution < -0.4 is 5.56 Å². The number of aromatic nitrogens is 2. The zero-order valence-corrected chi connectivity index (χ0v) is 10.5. The van der Waals surface area contributed by atoms with Gasteiger partial charge in [0.05, 0.1) is 6.33 Å². The highest BCUT2D eigenvalue weighted by atomic mass is 79.9. The fourth-order valence-corrected chi connectivity index (χ4v) is 2.35. The molecule has 0 spiro atoms. The number of thioether (sulfide) groups is 1. The molecule has 0 radical (unpaired) electrons. The third-order valence-electron chi connectivity index (χ3n) is 1.54. The van der Waals surface area contributed by atoms with Gasteiger partial charge < -0.3 is 9.88 Å². The van der Waals surface area contributed by atoms with E-state index in [0.717, 1.165) is 17.3 Å². The van der Waals surface area contributed by atoms with Gasteiger partial charge in [0.2, 0.25) is 0 Å². The lowest BCUT2D eigenvalue weighted by Crippen LogP contribution is -2.15. The minimum Gasteiger partial charge on any atom is -0.312 e. The highest BCUT2D eigenvalue weighted by Gasteiger charge is 2.05. The Kier molecular flexibility index (Phi) is 4.64. The minimum absolute atomic E-state index is 0.132. The van der Waals surface area contributed by atoms with Crippen LogP contribution in [0.2, 0.25) is 0 Å². The van der Waals surface area contributed by atoms with E-state index >= 15 is 0 Å². The highest BCUT2D eigenvalue weighted by Crippen LogP contribution is 2.20. The van der Waals surface area contributed by atoms with Gasteiger partial charge in [-0.05, 0) is 30.0 Å². The van der Waals surface area contributed by atoms with Crippen molar-refractivity contribution in [1.82, 2.24) is 14.9 Å². The summed E-state index contributed by atoms with van der Waals surface area (Å²) in [6.07, 6.45) is 1.42. The van der Waals surface area contributed by atoms with Gasteiger partial charge in [0.1, 0.15) is 9.50 Å². The molecule has 78 valence electrons. The summed E-state index contributed by atoms with van der Waals surface area (Å²) in [6.45, 7) is 0.964. The molecule has 0 saturated carbocycles. The first-order valence-electron chi connectivity index (χ1n) is 4.12. The Morgan fingerprint density at radius 2 is 2.36 bits per heavy atom. The zero-order valence-electron chi connectivity index (χ0n) is 8.08. The summed E-state index contributed by atoms with van der Waals surface area (Å²) in [4.78, 5) is 19.8. The van der Waals surface area contributed by atoms with E-state index < -0.39 is 0 Å². The number of hydrogen-bond donors (Lipinski definition) is 1. The Morgan fingerprint density at radius 1 is 1.64 bits per heavy atom. The predicted octanol–water partition coefficient (Wildman–Crippen LogP) is 1.19. The maximum Gasteiger partial charge on any atom is 0.266 e. The van der Waals surface area contributed by atoms with Crippen molar-refractivity contribution in [1.29, 1.82) is 0 Å². The molecule has 0 atom stereocenters. The lowest BCUT2D eigenvalue weighted by atomic mass is 10.7. The molecule has 0 aliphatic carbocycles. The van der Waals surface area contributed by atoms with Gasteiger partial charge in [-0.1, -0.05) is 0 Å². The molecule has 1 heterocycles. The van der Waals surface area contributed by atoms with E-state index in [1.165, 1.54) is 6.33 Å². The zero-order chi connectivity index (χ0) is 10.6. The van der Waals surface area contributed by atoms with Crippen molar-refractivity contribution in [3.63, 3.8) is 0 Å². The summed E-state index contributed by atoms with van der Waals surface area (Å²) in [5.41, 5.74) is -0.132. The molecule has 0 aliphatic heterocycles. The second-order valence-electron chi connectivity index (χ2n) is 3.00. The highest BCUT2D eigenvalue weighted by molar-refractivity contribution is 9.10. The fraction of sp³-hybridized carbons (Fsp3) is 0.500. The number of halogens is 1. The van der Waals surface area contributed by atoms with E-state index in [4.69, 9.17) is 0 Å². The van der Waals surface area contributed by atoms with Crippen molar-refractivity contribution in [2.24, 2.45) is 0 Å². The van der Waals surface area contributed by atoms with Gasteiger partial charge in [0, 0.05) is 12.3 Å². The van der Waals surface area contributed by atoms with Crippen molar-refractivity contribution in [2.45, 2.75) is 5.03 Å². The summed E-state index contributed by atoms with van der Waals surface area (Å²) in [7, 11) is 4.03. The summed E-state index contributed by atoms with van der Waals surface area (Å²) < 4.78 is 0.517. The monoisotopic (exact) mass is 277 g/mol. The molecule has 0 fully saturated rings. The van der Waals surface area contributed by atoms with Crippen LogP contribution in [-0.2, 0) is 0 Å². The first-order chi connectivity index (χ1) is 6.61. The molecule has 0 aliphatic rings. The number of aromatic amines is 1. The predicted molar refractivity (Wildman–Crippen MR) is 61.8 cm³/mol. The van der Waals surface area contributed by atoms with Crippen molar-refractivity contribution < 1.29 is 0 Å². The Bertz CT molecular complexity index is 353. The van der Waals surface area contributed by atoms with Crippen LogP contribution in [0.4, 0.5) is 0 Å². The van der Waals surface area contributed by atoms with E-state index in [9.17, 15) is 4.79 Å². The average Bonchev–Trinajstić information content (AvgIpc) is 2.12. The smallest absolute Gasteiger partial charge is 0.266 e. The Hall–Kier alpha value is -0.330. The number of rotatable bonds is 4. The largest absolute Gasteiger partial charge is 0.312 e. The van der Waals surface area contributed by atoms with E-state index in [1.807, 2.05) is 14.1 Å². The molecule has 1 N–H and O–H groups in total. The number of hydrogen-bond acceptors (Lipinski definition) is 4. The van der Waals surface area contributed by atoms with Crippen LogP contribution in [0.3, 0.4) is 0 Å². The van der Waals surface area contributed by atoms with Crippen LogP contribution >= 0.6 is 27.7 Å². The molecule has 0 bridgehead atoms. The third kappa shape index (κ3) is 3.43. The van der Waals surface area contributed by atoms with Gasteiger partial charge in [0.15, 0.2) is 0 Å². The van der Waals surface area contributed by atoms with Crippen molar-refractivity contribution in [3.05, 3.63) is 21.2 Å². The summed E-state index contributed by atoms with van der Waals surface area (Å²) >= 11 is 4.78. The maximum absolute atomic E-state index is 11.2. The fourth-order valence-electron chi connectivity index (χ4n) is 0.792. The number of nitrogens with zero attached hydrogens (tertiary/aromatic N) is 2. The first-order valence-corrected chi connectivity index (χ1v) is 5.90. The molecule has 0 saturated heterocycles. The molecular weight excluding hydrogens is 266 g/mol. The van der Waals surface area contributed by atoms with Gasteiger partial charge in [0.25, 0.3) is 5.56 Å². The van der Waals surface area contributed by atoms with Crippen molar-refractivity contribution >= 4 is 27.7 Å². The van der Waals surface area contributed by atoms with Gasteiger partial charge in [-0.3, -0.25) is 4.79 Å². The van der Waals surface area contributed by atoms with Gasteiger partial charge in [-0.15, -0.1) is 11.8 Å². The molecule has 0 amide bonds.